The van der Waals surface area contributed by atoms with E-state index in [1.54, 1.807) is 0 Å². The van der Waals surface area contributed by atoms with Gasteiger partial charge in [-0.25, -0.2) is 4.39 Å². The molecule has 2 aliphatic rings. The molecule has 0 spiro atoms. The number of carbonyl (C=O) groups is 2. The molecule has 5 nitrogen and oxygen atoms in total. The van der Waals surface area contributed by atoms with E-state index in [2.05, 4.69) is 16.7 Å². The molecule has 10 heteroatoms. The van der Waals surface area contributed by atoms with Gasteiger partial charge < -0.3 is 10.6 Å². The van der Waals surface area contributed by atoms with Crippen molar-refractivity contribution in [2.75, 3.05) is 5.32 Å². The summed E-state index contributed by atoms with van der Waals surface area (Å²) in [6, 6.07) is 10.5. The molecule has 0 aromatic heterocycles. The standard InChI is InChI=1S/C21H14Cl4FN3O2/c22-13-3-2-11(8-12(13)18(30)29-20(9-27)5-6-20)28-19(31)17-16(21(17,24)25)10-1-4-15(26)14(23)7-10/h1-4,7-8,16-17H,5-6H2,(H,28,31)(H,29,30)/t16-,17+/m1/s1. The Labute approximate surface area is 197 Å². The van der Waals surface area contributed by atoms with Crippen LogP contribution in [0.15, 0.2) is 36.4 Å². The van der Waals surface area contributed by atoms with Gasteiger partial charge in [0.05, 0.1) is 27.6 Å². The second-order valence-electron chi connectivity index (χ2n) is 7.64. The number of nitrogens with zero attached hydrogens (tertiary/aromatic N) is 1. The SMILES string of the molecule is N#CC1(NC(=O)c2cc(NC(=O)[C@@H]3[C@@H](c4ccc(F)c(Cl)c4)C3(Cl)Cl)ccc2Cl)CC1. The highest BCUT2D eigenvalue weighted by atomic mass is 35.5. The summed E-state index contributed by atoms with van der Waals surface area (Å²) in [5, 5.41) is 14.6. The Kier molecular flexibility index (Phi) is 5.60. The Morgan fingerprint density at radius 2 is 1.81 bits per heavy atom. The summed E-state index contributed by atoms with van der Waals surface area (Å²) in [5.74, 6) is -2.94. The normalized spacial score (nSPS) is 22.2. The number of benzene rings is 2. The van der Waals surface area contributed by atoms with Gasteiger partial charge in [-0.05, 0) is 48.7 Å². The van der Waals surface area contributed by atoms with Crippen LogP contribution in [-0.2, 0) is 4.79 Å². The Bertz CT molecular complexity index is 1140. The van der Waals surface area contributed by atoms with Crippen LogP contribution >= 0.6 is 46.4 Å². The summed E-state index contributed by atoms with van der Waals surface area (Å²) in [4.78, 5) is 25.3. The average Bonchev–Trinajstić information content (AvgIpc) is 3.60. The average molecular weight is 501 g/mol. The third-order valence-electron chi connectivity index (χ3n) is 5.43. The molecule has 2 N–H and O–H groups in total. The third kappa shape index (κ3) is 4.20. The molecule has 2 aliphatic carbocycles. The van der Waals surface area contributed by atoms with E-state index in [4.69, 9.17) is 51.7 Å². The molecule has 31 heavy (non-hydrogen) atoms. The van der Waals surface area contributed by atoms with Gasteiger partial charge in [-0.2, -0.15) is 5.26 Å². The highest BCUT2D eigenvalue weighted by Gasteiger charge is 2.67. The van der Waals surface area contributed by atoms with Crippen LogP contribution in [0.25, 0.3) is 0 Å². The molecular weight excluding hydrogens is 487 g/mol. The summed E-state index contributed by atoms with van der Waals surface area (Å²) in [6.07, 6.45) is 1.15. The van der Waals surface area contributed by atoms with Crippen molar-refractivity contribution >= 4 is 63.9 Å². The maximum atomic E-state index is 13.4. The van der Waals surface area contributed by atoms with Crippen molar-refractivity contribution in [1.82, 2.24) is 5.32 Å². The number of halogens is 5. The molecule has 2 saturated carbocycles. The predicted molar refractivity (Wildman–Crippen MR) is 117 cm³/mol. The summed E-state index contributed by atoms with van der Waals surface area (Å²) < 4.78 is 12.1. The fourth-order valence-corrected chi connectivity index (χ4v) is 4.67. The number of carbonyl (C=O) groups excluding carboxylic acids is 2. The first-order valence-electron chi connectivity index (χ1n) is 9.25. The zero-order valence-corrected chi connectivity index (χ0v) is 18.7. The Morgan fingerprint density at radius 1 is 1.10 bits per heavy atom. The second-order valence-corrected chi connectivity index (χ2v) is 9.89. The lowest BCUT2D eigenvalue weighted by molar-refractivity contribution is -0.117. The van der Waals surface area contributed by atoms with Gasteiger partial charge in [0.15, 0.2) is 0 Å². The number of rotatable bonds is 5. The van der Waals surface area contributed by atoms with Gasteiger partial charge in [-0.15, -0.1) is 23.2 Å². The van der Waals surface area contributed by atoms with Crippen LogP contribution in [0.4, 0.5) is 10.1 Å². The molecule has 2 amide bonds. The first-order chi connectivity index (χ1) is 14.6. The van der Waals surface area contributed by atoms with Gasteiger partial charge in [0.1, 0.15) is 15.7 Å². The smallest absolute Gasteiger partial charge is 0.254 e. The molecule has 0 saturated heterocycles. The fraction of sp³-hybridized carbons (Fsp3) is 0.286. The first kappa shape index (κ1) is 22.2. The molecule has 4 rings (SSSR count). The highest BCUT2D eigenvalue weighted by Crippen LogP contribution is 2.65. The Morgan fingerprint density at radius 3 is 2.42 bits per heavy atom. The van der Waals surface area contributed by atoms with E-state index < -0.39 is 39.3 Å². The number of anilines is 1. The quantitative estimate of drug-likeness (QED) is 0.536. The van der Waals surface area contributed by atoms with E-state index in [0.717, 1.165) is 0 Å². The largest absolute Gasteiger partial charge is 0.334 e. The van der Waals surface area contributed by atoms with Crippen LogP contribution < -0.4 is 10.6 Å². The van der Waals surface area contributed by atoms with Crippen molar-refractivity contribution in [2.45, 2.75) is 28.6 Å². The Hall–Kier alpha value is -2.04. The van der Waals surface area contributed by atoms with E-state index >= 15 is 0 Å². The molecule has 2 atom stereocenters. The number of hydrogen-bond acceptors (Lipinski definition) is 3. The predicted octanol–water partition coefficient (Wildman–Crippen LogP) is 5.44. The summed E-state index contributed by atoms with van der Waals surface area (Å²) in [7, 11) is 0. The van der Waals surface area contributed by atoms with Crippen LogP contribution in [0.3, 0.4) is 0 Å². The number of hydrogen-bond donors (Lipinski definition) is 2. The molecule has 0 radical (unpaired) electrons. The van der Waals surface area contributed by atoms with Crippen molar-refractivity contribution in [3.63, 3.8) is 0 Å². The van der Waals surface area contributed by atoms with E-state index in [9.17, 15) is 14.0 Å². The zero-order valence-electron chi connectivity index (χ0n) is 15.7. The van der Waals surface area contributed by atoms with E-state index in [1.165, 1.54) is 36.4 Å². The molecule has 0 heterocycles. The minimum atomic E-state index is -1.39. The second kappa shape index (κ2) is 7.83. The van der Waals surface area contributed by atoms with Gasteiger partial charge in [0.2, 0.25) is 5.91 Å². The molecule has 2 aromatic rings. The van der Waals surface area contributed by atoms with Crippen LogP contribution in [0.1, 0.15) is 34.7 Å². The monoisotopic (exact) mass is 499 g/mol. The fourth-order valence-electron chi connectivity index (χ4n) is 3.44. The minimum Gasteiger partial charge on any atom is -0.334 e. The van der Waals surface area contributed by atoms with Crippen LogP contribution in [-0.4, -0.2) is 21.7 Å². The lowest BCUT2D eigenvalue weighted by atomic mass is 10.1. The minimum absolute atomic E-state index is 0.0909. The van der Waals surface area contributed by atoms with Gasteiger partial charge >= 0.3 is 0 Å². The molecule has 0 aliphatic heterocycles. The number of nitriles is 1. The molecule has 160 valence electrons. The van der Waals surface area contributed by atoms with Crippen molar-refractivity contribution in [3.05, 3.63) is 63.4 Å². The zero-order chi connectivity index (χ0) is 22.6. The maximum absolute atomic E-state index is 13.4. The Balaban J connectivity index is 1.50. The summed E-state index contributed by atoms with van der Waals surface area (Å²) in [5.41, 5.74) is 0.127. The third-order valence-corrected chi connectivity index (χ3v) is 6.99. The maximum Gasteiger partial charge on any atom is 0.254 e. The van der Waals surface area contributed by atoms with Gasteiger partial charge in [0, 0.05) is 11.6 Å². The number of alkyl halides is 2. The van der Waals surface area contributed by atoms with Crippen molar-refractivity contribution in [2.24, 2.45) is 5.92 Å². The van der Waals surface area contributed by atoms with Crippen molar-refractivity contribution in [1.29, 1.82) is 5.26 Å². The lowest BCUT2D eigenvalue weighted by Crippen LogP contribution is -2.35. The molecule has 0 unspecified atom stereocenters. The van der Waals surface area contributed by atoms with Gasteiger partial charge in [-0.1, -0.05) is 29.3 Å². The first-order valence-corrected chi connectivity index (χ1v) is 10.8. The highest BCUT2D eigenvalue weighted by molar-refractivity contribution is 6.53. The molecule has 2 fully saturated rings. The molecule has 2 aromatic carbocycles. The topological polar surface area (TPSA) is 82.0 Å². The van der Waals surface area contributed by atoms with Crippen LogP contribution in [0.2, 0.25) is 10.0 Å². The summed E-state index contributed by atoms with van der Waals surface area (Å²) in [6.45, 7) is 0. The molecule has 0 bridgehead atoms. The van der Waals surface area contributed by atoms with E-state index in [1.807, 2.05) is 0 Å². The van der Waals surface area contributed by atoms with Crippen LogP contribution in [0.5, 0.6) is 0 Å². The molecular formula is C21H14Cl4FN3O2. The lowest BCUT2D eigenvalue weighted by Gasteiger charge is -2.12. The number of amides is 2. The number of nitrogens with one attached hydrogen (secondary N) is 2. The summed E-state index contributed by atoms with van der Waals surface area (Å²) >= 11 is 24.6. The van der Waals surface area contributed by atoms with Crippen molar-refractivity contribution in [3.8, 4) is 6.07 Å². The van der Waals surface area contributed by atoms with Gasteiger partial charge in [-0.3, -0.25) is 9.59 Å². The van der Waals surface area contributed by atoms with Crippen molar-refractivity contribution < 1.29 is 14.0 Å². The van der Waals surface area contributed by atoms with Gasteiger partial charge in [0.25, 0.3) is 5.91 Å². The van der Waals surface area contributed by atoms with E-state index in [-0.39, 0.29) is 15.6 Å². The van der Waals surface area contributed by atoms with Crippen LogP contribution in [0, 0.1) is 23.1 Å². The van der Waals surface area contributed by atoms with E-state index in [0.29, 0.717) is 24.1 Å².